The Bertz CT molecular complexity index is 751. The van der Waals surface area contributed by atoms with Crippen molar-refractivity contribution in [2.24, 2.45) is 5.73 Å². The molecule has 0 aliphatic carbocycles. The number of carbonyl (C=O) groups excluding carboxylic acids is 2. The van der Waals surface area contributed by atoms with Crippen molar-refractivity contribution < 1.29 is 14.3 Å². The summed E-state index contributed by atoms with van der Waals surface area (Å²) in [6.07, 6.45) is 0.383. The van der Waals surface area contributed by atoms with Crippen LogP contribution >= 0.6 is 23.2 Å². The Morgan fingerprint density at radius 1 is 1.38 bits per heavy atom. The predicted molar refractivity (Wildman–Crippen MR) is 101 cm³/mol. The van der Waals surface area contributed by atoms with Gasteiger partial charge in [-0.05, 0) is 39.0 Å². The van der Waals surface area contributed by atoms with Crippen molar-refractivity contribution in [2.75, 3.05) is 18.4 Å². The highest BCUT2D eigenvalue weighted by Gasteiger charge is 2.22. The molecule has 0 aromatic heterocycles. The molecule has 26 heavy (non-hydrogen) atoms. The van der Waals surface area contributed by atoms with Gasteiger partial charge in [0.15, 0.2) is 0 Å². The molecule has 0 spiro atoms. The van der Waals surface area contributed by atoms with E-state index in [9.17, 15) is 14.9 Å². The summed E-state index contributed by atoms with van der Waals surface area (Å²) in [6, 6.07) is 6.25. The van der Waals surface area contributed by atoms with Gasteiger partial charge in [0.05, 0.1) is 10.7 Å². The molecule has 0 atom stereocenters. The molecule has 1 rings (SSSR count). The van der Waals surface area contributed by atoms with E-state index in [0.717, 1.165) is 11.1 Å². The van der Waals surface area contributed by atoms with Crippen LogP contribution in [0.15, 0.2) is 30.0 Å². The molecule has 140 valence electrons. The standard InChI is InChI=1S/C17H20Cl2N4O3/c1-17(2,3)26-16(25)23(7-6-20)10-11(9-21)15(24)22-14-5-4-12(18)8-13(14)19/h4-5,8,10H,6-7,20H2,1-3H3,(H,22,24)/b11-10-. The first-order valence-electron chi connectivity index (χ1n) is 7.65. The third-order valence-electron chi connectivity index (χ3n) is 2.83. The maximum absolute atomic E-state index is 12.3. The zero-order valence-electron chi connectivity index (χ0n) is 14.7. The van der Waals surface area contributed by atoms with Crippen LogP contribution in [-0.2, 0) is 9.53 Å². The van der Waals surface area contributed by atoms with Crippen LogP contribution in [0.2, 0.25) is 10.0 Å². The van der Waals surface area contributed by atoms with Gasteiger partial charge in [0.1, 0.15) is 17.2 Å². The van der Waals surface area contributed by atoms with E-state index in [1.807, 2.05) is 0 Å². The van der Waals surface area contributed by atoms with Gasteiger partial charge < -0.3 is 15.8 Å². The minimum atomic E-state index is -0.734. The largest absolute Gasteiger partial charge is 0.443 e. The second-order valence-corrected chi connectivity index (χ2v) is 7.04. The maximum Gasteiger partial charge on any atom is 0.414 e. The molecule has 0 saturated carbocycles. The van der Waals surface area contributed by atoms with Crippen molar-refractivity contribution in [3.05, 3.63) is 40.0 Å². The van der Waals surface area contributed by atoms with Crippen molar-refractivity contribution in [2.45, 2.75) is 26.4 Å². The maximum atomic E-state index is 12.3. The normalized spacial score (nSPS) is 11.5. The molecular weight excluding hydrogens is 379 g/mol. The number of nitrogens with two attached hydrogens (primary N) is 1. The third-order valence-corrected chi connectivity index (χ3v) is 3.38. The van der Waals surface area contributed by atoms with Crippen LogP contribution in [0.3, 0.4) is 0 Å². The summed E-state index contributed by atoms with van der Waals surface area (Å²) in [7, 11) is 0. The van der Waals surface area contributed by atoms with E-state index in [4.69, 9.17) is 33.7 Å². The lowest BCUT2D eigenvalue weighted by atomic mass is 10.2. The van der Waals surface area contributed by atoms with Crippen molar-refractivity contribution in [3.63, 3.8) is 0 Å². The van der Waals surface area contributed by atoms with Crippen LogP contribution in [-0.4, -0.2) is 35.6 Å². The molecule has 7 nitrogen and oxygen atoms in total. The van der Waals surface area contributed by atoms with Gasteiger partial charge in [-0.2, -0.15) is 5.26 Å². The fraction of sp³-hybridized carbons (Fsp3) is 0.353. The van der Waals surface area contributed by atoms with Crippen LogP contribution in [0.1, 0.15) is 20.8 Å². The van der Waals surface area contributed by atoms with Crippen LogP contribution in [0, 0.1) is 11.3 Å². The van der Waals surface area contributed by atoms with Gasteiger partial charge in [0.2, 0.25) is 0 Å². The molecule has 2 amide bonds. The van der Waals surface area contributed by atoms with Crippen LogP contribution in [0.4, 0.5) is 10.5 Å². The van der Waals surface area contributed by atoms with Crippen molar-refractivity contribution >= 4 is 40.9 Å². The van der Waals surface area contributed by atoms with Gasteiger partial charge in [-0.1, -0.05) is 23.2 Å². The summed E-state index contributed by atoms with van der Waals surface area (Å²) < 4.78 is 5.24. The molecule has 0 saturated heterocycles. The van der Waals surface area contributed by atoms with Crippen molar-refractivity contribution in [1.82, 2.24) is 4.90 Å². The number of anilines is 1. The molecule has 0 aliphatic heterocycles. The zero-order valence-corrected chi connectivity index (χ0v) is 16.2. The minimum Gasteiger partial charge on any atom is -0.443 e. The van der Waals surface area contributed by atoms with Gasteiger partial charge in [0, 0.05) is 24.3 Å². The summed E-state index contributed by atoms with van der Waals surface area (Å²) in [6.45, 7) is 5.31. The fourth-order valence-corrected chi connectivity index (χ4v) is 2.20. The number of hydrogen-bond acceptors (Lipinski definition) is 5. The molecule has 0 unspecified atom stereocenters. The first-order valence-corrected chi connectivity index (χ1v) is 8.41. The van der Waals surface area contributed by atoms with Crippen LogP contribution in [0.5, 0.6) is 0 Å². The average Bonchev–Trinajstić information content (AvgIpc) is 2.52. The number of carbonyl (C=O) groups is 2. The number of nitriles is 1. The van der Waals surface area contributed by atoms with E-state index in [1.54, 1.807) is 32.9 Å². The third kappa shape index (κ3) is 6.92. The monoisotopic (exact) mass is 398 g/mol. The Morgan fingerprint density at radius 3 is 2.54 bits per heavy atom. The SMILES string of the molecule is CC(C)(C)OC(=O)N(/C=C(/C#N)C(=O)Nc1ccc(Cl)cc1Cl)CCN. The van der Waals surface area contributed by atoms with E-state index in [1.165, 1.54) is 12.1 Å². The number of halogens is 2. The first kappa shape index (κ1) is 21.8. The zero-order chi connectivity index (χ0) is 19.9. The highest BCUT2D eigenvalue weighted by atomic mass is 35.5. The summed E-state index contributed by atoms with van der Waals surface area (Å²) in [5.74, 6) is -0.734. The Labute approximate surface area is 162 Å². The molecule has 0 heterocycles. The summed E-state index contributed by atoms with van der Waals surface area (Å²) in [5, 5.41) is 12.4. The number of amides is 2. The summed E-state index contributed by atoms with van der Waals surface area (Å²) in [5.41, 5.74) is 4.73. The molecule has 0 fully saturated rings. The van der Waals surface area contributed by atoms with Gasteiger partial charge in [-0.15, -0.1) is 0 Å². The van der Waals surface area contributed by atoms with Crippen molar-refractivity contribution in [3.8, 4) is 6.07 Å². The lowest BCUT2D eigenvalue weighted by Crippen LogP contribution is -2.37. The highest BCUT2D eigenvalue weighted by molar-refractivity contribution is 6.36. The summed E-state index contributed by atoms with van der Waals surface area (Å²) >= 11 is 11.8. The molecule has 0 aliphatic rings. The second-order valence-electron chi connectivity index (χ2n) is 6.20. The molecule has 1 aromatic carbocycles. The summed E-state index contributed by atoms with van der Waals surface area (Å²) in [4.78, 5) is 25.6. The highest BCUT2D eigenvalue weighted by Crippen LogP contribution is 2.25. The lowest BCUT2D eigenvalue weighted by Gasteiger charge is -2.25. The quantitative estimate of drug-likeness (QED) is 0.582. The number of nitrogens with zero attached hydrogens (tertiary/aromatic N) is 2. The van der Waals surface area contributed by atoms with Gasteiger partial charge in [0.25, 0.3) is 5.91 Å². The van der Waals surface area contributed by atoms with E-state index < -0.39 is 17.6 Å². The smallest absolute Gasteiger partial charge is 0.414 e. The first-order chi connectivity index (χ1) is 12.1. The van der Waals surface area contributed by atoms with E-state index in [2.05, 4.69) is 5.32 Å². The Morgan fingerprint density at radius 2 is 2.04 bits per heavy atom. The number of rotatable bonds is 5. The lowest BCUT2D eigenvalue weighted by molar-refractivity contribution is -0.112. The Hall–Kier alpha value is -2.27. The number of ether oxygens (including phenoxy) is 1. The average molecular weight is 399 g/mol. The predicted octanol–water partition coefficient (Wildman–Crippen LogP) is 3.54. The number of benzene rings is 1. The van der Waals surface area contributed by atoms with E-state index >= 15 is 0 Å². The topological polar surface area (TPSA) is 108 Å². The van der Waals surface area contributed by atoms with Gasteiger partial charge >= 0.3 is 6.09 Å². The van der Waals surface area contributed by atoms with Crippen LogP contribution < -0.4 is 11.1 Å². The molecule has 9 heteroatoms. The minimum absolute atomic E-state index is 0.0784. The van der Waals surface area contributed by atoms with Gasteiger partial charge in [-0.3, -0.25) is 9.69 Å². The number of nitrogens with one attached hydrogen (secondary N) is 1. The van der Waals surface area contributed by atoms with E-state index in [-0.39, 0.29) is 29.4 Å². The fourth-order valence-electron chi connectivity index (χ4n) is 1.74. The van der Waals surface area contributed by atoms with E-state index in [0.29, 0.717) is 5.02 Å². The molecular formula is C17H20Cl2N4O3. The van der Waals surface area contributed by atoms with Gasteiger partial charge in [-0.25, -0.2) is 4.79 Å². The Kier molecular flexibility index (Phi) is 7.90. The Balaban J connectivity index is 3.02. The van der Waals surface area contributed by atoms with Crippen LogP contribution in [0.25, 0.3) is 0 Å². The molecule has 0 radical (unpaired) electrons. The van der Waals surface area contributed by atoms with Crippen molar-refractivity contribution in [1.29, 1.82) is 5.26 Å². The number of hydrogen-bond donors (Lipinski definition) is 2. The second kappa shape index (κ2) is 9.43. The molecule has 3 N–H and O–H groups in total. The molecule has 1 aromatic rings. The molecule has 0 bridgehead atoms.